The number of halogens is 1. The molecule has 0 aliphatic heterocycles. The van der Waals surface area contributed by atoms with Crippen molar-refractivity contribution < 1.29 is 0 Å². The van der Waals surface area contributed by atoms with Gasteiger partial charge in [-0.25, -0.2) is 0 Å². The number of hydrogen-bond donors (Lipinski definition) is 1. The van der Waals surface area contributed by atoms with E-state index in [0.29, 0.717) is 6.04 Å². The molecule has 1 aromatic carbocycles. The van der Waals surface area contributed by atoms with Crippen LogP contribution in [0.15, 0.2) is 22.7 Å². The molecule has 2 rings (SSSR count). The van der Waals surface area contributed by atoms with Crippen LogP contribution in [0.5, 0.6) is 0 Å². The van der Waals surface area contributed by atoms with Crippen molar-refractivity contribution in [2.45, 2.75) is 51.6 Å². The van der Waals surface area contributed by atoms with Gasteiger partial charge in [-0.15, -0.1) is 0 Å². The minimum Gasteiger partial charge on any atom is -0.309 e. The van der Waals surface area contributed by atoms with Crippen molar-refractivity contribution in [3.63, 3.8) is 0 Å². The van der Waals surface area contributed by atoms with E-state index in [4.69, 9.17) is 0 Å². The van der Waals surface area contributed by atoms with Gasteiger partial charge in [-0.05, 0) is 57.2 Å². The zero-order valence-corrected chi connectivity index (χ0v) is 11.9. The number of benzene rings is 1. The maximum absolute atomic E-state index is 3.70. The van der Waals surface area contributed by atoms with Crippen LogP contribution >= 0.6 is 15.9 Å². The normalized spacial score (nSPS) is 20.6. The average molecular weight is 282 g/mol. The van der Waals surface area contributed by atoms with Crippen LogP contribution in [0.1, 0.15) is 38.3 Å². The van der Waals surface area contributed by atoms with E-state index in [1.54, 1.807) is 0 Å². The van der Waals surface area contributed by atoms with Crippen molar-refractivity contribution in [2.75, 3.05) is 0 Å². The Hall–Kier alpha value is -0.340. The van der Waals surface area contributed by atoms with Crippen LogP contribution in [-0.4, -0.2) is 11.6 Å². The molecule has 2 heteroatoms. The zero-order valence-electron chi connectivity index (χ0n) is 10.3. The molecule has 0 fully saturated rings. The highest BCUT2D eigenvalue weighted by molar-refractivity contribution is 9.10. The van der Waals surface area contributed by atoms with E-state index in [0.717, 1.165) is 6.42 Å². The molecule has 0 heterocycles. The smallest absolute Gasteiger partial charge is 0.0210 e. The van der Waals surface area contributed by atoms with E-state index in [1.807, 2.05) is 0 Å². The summed E-state index contributed by atoms with van der Waals surface area (Å²) in [5.74, 6) is 0. The van der Waals surface area contributed by atoms with E-state index in [2.05, 4.69) is 60.2 Å². The molecular formula is C14H20BrN. The van der Waals surface area contributed by atoms with Gasteiger partial charge in [0.25, 0.3) is 0 Å². The number of rotatable bonds is 1. The Morgan fingerprint density at radius 3 is 2.75 bits per heavy atom. The Kier molecular flexibility index (Phi) is 3.41. The van der Waals surface area contributed by atoms with Crippen molar-refractivity contribution >= 4 is 15.9 Å². The lowest BCUT2D eigenvalue weighted by Gasteiger charge is -2.32. The maximum Gasteiger partial charge on any atom is 0.0210 e. The quantitative estimate of drug-likeness (QED) is 0.828. The molecule has 1 unspecified atom stereocenters. The maximum atomic E-state index is 3.70. The van der Waals surface area contributed by atoms with E-state index in [-0.39, 0.29) is 5.54 Å². The summed E-state index contributed by atoms with van der Waals surface area (Å²) in [4.78, 5) is 0. The molecule has 0 amide bonds. The lowest BCUT2D eigenvalue weighted by Crippen LogP contribution is -2.46. The number of hydrogen-bond acceptors (Lipinski definition) is 1. The Labute approximate surface area is 107 Å². The van der Waals surface area contributed by atoms with Crippen LogP contribution in [-0.2, 0) is 12.8 Å². The molecule has 1 aliphatic carbocycles. The van der Waals surface area contributed by atoms with Gasteiger partial charge in [0.1, 0.15) is 0 Å². The molecule has 0 spiro atoms. The third-order valence-electron chi connectivity index (χ3n) is 3.06. The lowest BCUT2D eigenvalue weighted by atomic mass is 9.87. The van der Waals surface area contributed by atoms with Crippen molar-refractivity contribution in [2.24, 2.45) is 0 Å². The van der Waals surface area contributed by atoms with Gasteiger partial charge in [-0.1, -0.05) is 28.1 Å². The first-order chi connectivity index (χ1) is 7.46. The summed E-state index contributed by atoms with van der Waals surface area (Å²) in [6.45, 7) is 6.72. The van der Waals surface area contributed by atoms with Crippen molar-refractivity contribution in [3.8, 4) is 0 Å². The van der Waals surface area contributed by atoms with Crippen molar-refractivity contribution in [1.29, 1.82) is 0 Å². The van der Waals surface area contributed by atoms with Crippen LogP contribution in [0.4, 0.5) is 0 Å². The number of nitrogens with one attached hydrogen (secondary N) is 1. The van der Waals surface area contributed by atoms with Gasteiger partial charge in [0.15, 0.2) is 0 Å². The van der Waals surface area contributed by atoms with Gasteiger partial charge in [0, 0.05) is 16.1 Å². The van der Waals surface area contributed by atoms with Gasteiger partial charge in [0.05, 0.1) is 0 Å². The minimum atomic E-state index is 0.216. The van der Waals surface area contributed by atoms with Gasteiger partial charge in [0.2, 0.25) is 0 Å². The van der Waals surface area contributed by atoms with Gasteiger partial charge >= 0.3 is 0 Å². The van der Waals surface area contributed by atoms with E-state index in [1.165, 1.54) is 28.4 Å². The second-order valence-corrected chi connectivity index (χ2v) is 6.57. The third-order valence-corrected chi connectivity index (χ3v) is 3.81. The average Bonchev–Trinajstić information content (AvgIpc) is 2.15. The summed E-state index contributed by atoms with van der Waals surface area (Å²) in [5, 5.41) is 3.70. The summed E-state index contributed by atoms with van der Waals surface area (Å²) in [5.41, 5.74) is 3.23. The highest BCUT2D eigenvalue weighted by atomic mass is 79.9. The summed E-state index contributed by atoms with van der Waals surface area (Å²) in [6.07, 6.45) is 3.59. The molecule has 0 aromatic heterocycles. The molecule has 1 aromatic rings. The predicted molar refractivity (Wildman–Crippen MR) is 72.8 cm³/mol. The monoisotopic (exact) mass is 281 g/mol. The van der Waals surface area contributed by atoms with E-state index < -0.39 is 0 Å². The molecular weight excluding hydrogens is 262 g/mol. The molecule has 16 heavy (non-hydrogen) atoms. The van der Waals surface area contributed by atoms with Crippen LogP contribution in [0.2, 0.25) is 0 Å². The van der Waals surface area contributed by atoms with Crippen molar-refractivity contribution in [3.05, 3.63) is 33.8 Å². The topological polar surface area (TPSA) is 12.0 Å². The van der Waals surface area contributed by atoms with Crippen LogP contribution < -0.4 is 5.32 Å². The third kappa shape index (κ3) is 2.86. The molecule has 0 saturated heterocycles. The second-order valence-electron chi connectivity index (χ2n) is 5.71. The van der Waals surface area contributed by atoms with E-state index >= 15 is 0 Å². The molecule has 0 bridgehead atoms. The first-order valence-electron chi connectivity index (χ1n) is 6.00. The van der Waals surface area contributed by atoms with Crippen LogP contribution in [0.3, 0.4) is 0 Å². The van der Waals surface area contributed by atoms with Crippen LogP contribution in [0, 0.1) is 0 Å². The van der Waals surface area contributed by atoms with Gasteiger partial charge in [-0.3, -0.25) is 0 Å². The fourth-order valence-corrected chi connectivity index (χ4v) is 3.10. The SMILES string of the molecule is CC(C)(C)NC1CCc2c(Br)cccc2C1. The first kappa shape index (κ1) is 12.1. The fraction of sp³-hybridized carbons (Fsp3) is 0.571. The molecule has 1 N–H and O–H groups in total. The number of fused-ring (bicyclic) bond motifs is 1. The molecule has 88 valence electrons. The summed E-state index contributed by atoms with van der Waals surface area (Å²) >= 11 is 3.64. The molecule has 0 saturated carbocycles. The second kappa shape index (κ2) is 4.50. The molecule has 1 nitrogen and oxygen atoms in total. The first-order valence-corrected chi connectivity index (χ1v) is 6.79. The minimum absolute atomic E-state index is 0.216. The van der Waals surface area contributed by atoms with Crippen molar-refractivity contribution in [1.82, 2.24) is 5.32 Å². The Bertz CT molecular complexity index is 379. The van der Waals surface area contributed by atoms with Gasteiger partial charge in [-0.2, -0.15) is 0 Å². The van der Waals surface area contributed by atoms with E-state index in [9.17, 15) is 0 Å². The highest BCUT2D eigenvalue weighted by Gasteiger charge is 2.23. The standard InChI is InChI=1S/C14H20BrN/c1-14(2,3)16-11-7-8-12-10(9-11)5-4-6-13(12)15/h4-6,11,16H,7-9H2,1-3H3. The zero-order chi connectivity index (χ0) is 11.8. The Morgan fingerprint density at radius 1 is 1.31 bits per heavy atom. The Balaban J connectivity index is 2.12. The van der Waals surface area contributed by atoms with Crippen LogP contribution in [0.25, 0.3) is 0 Å². The lowest BCUT2D eigenvalue weighted by molar-refractivity contribution is 0.335. The molecule has 0 radical (unpaired) electrons. The summed E-state index contributed by atoms with van der Waals surface area (Å²) < 4.78 is 1.28. The molecule has 1 aliphatic rings. The Morgan fingerprint density at radius 2 is 2.06 bits per heavy atom. The highest BCUT2D eigenvalue weighted by Crippen LogP contribution is 2.28. The fourth-order valence-electron chi connectivity index (χ4n) is 2.50. The largest absolute Gasteiger partial charge is 0.309 e. The van der Waals surface area contributed by atoms with Gasteiger partial charge < -0.3 is 5.32 Å². The summed E-state index contributed by atoms with van der Waals surface area (Å²) in [7, 11) is 0. The predicted octanol–water partition coefficient (Wildman–Crippen LogP) is 3.69. The molecule has 1 atom stereocenters. The summed E-state index contributed by atoms with van der Waals surface area (Å²) in [6, 6.07) is 7.18.